The first-order chi connectivity index (χ1) is 18.4. The number of aromatic nitrogens is 5. The Morgan fingerprint density at radius 1 is 1.16 bits per heavy atom. The van der Waals surface area contributed by atoms with Crippen molar-refractivity contribution in [1.29, 1.82) is 0 Å². The number of tetrazole rings is 1. The molecule has 0 bridgehead atoms. The van der Waals surface area contributed by atoms with Crippen molar-refractivity contribution in [1.82, 2.24) is 30.1 Å². The Labute approximate surface area is 222 Å². The maximum absolute atomic E-state index is 13.2. The fourth-order valence-electron chi connectivity index (χ4n) is 5.33. The summed E-state index contributed by atoms with van der Waals surface area (Å²) in [7, 11) is 1.66. The third-order valence-corrected chi connectivity index (χ3v) is 7.25. The molecule has 0 unspecified atom stereocenters. The molecule has 3 heterocycles. The Morgan fingerprint density at radius 2 is 1.97 bits per heavy atom. The summed E-state index contributed by atoms with van der Waals surface area (Å²) in [6.45, 7) is 8.83. The fourth-order valence-corrected chi connectivity index (χ4v) is 5.33. The van der Waals surface area contributed by atoms with Crippen LogP contribution in [0.4, 0.5) is 0 Å². The lowest BCUT2D eigenvalue weighted by atomic mass is 9.99. The number of nitrogens with one attached hydrogen (secondary N) is 1. The molecule has 1 fully saturated rings. The number of ether oxygens (including phenoxy) is 2. The maximum atomic E-state index is 13.2. The van der Waals surface area contributed by atoms with E-state index in [4.69, 9.17) is 9.47 Å². The molecule has 9 heteroatoms. The van der Waals surface area contributed by atoms with Gasteiger partial charge in [0.2, 0.25) is 0 Å². The summed E-state index contributed by atoms with van der Waals surface area (Å²) < 4.78 is 13.1. The summed E-state index contributed by atoms with van der Waals surface area (Å²) in [6, 6.07) is 16.1. The fraction of sp³-hybridized carbons (Fsp3) is 0.448. The van der Waals surface area contributed by atoms with E-state index in [2.05, 4.69) is 63.5 Å². The molecule has 1 aliphatic heterocycles. The number of hydrogen-bond acceptors (Lipinski definition) is 7. The predicted molar refractivity (Wildman–Crippen MR) is 146 cm³/mol. The normalized spacial score (nSPS) is 16.5. The monoisotopic (exact) mass is 516 g/mol. The van der Waals surface area contributed by atoms with Gasteiger partial charge in [-0.1, -0.05) is 38.1 Å². The molecule has 200 valence electrons. The lowest BCUT2D eigenvalue weighted by Gasteiger charge is -2.33. The standard InChI is InChI=1S/C29H36N6O3/c1-19(2)27(28-31-32-33-35(28)18-25-6-5-13-38-25)34(16-21-8-11-24(37-4)12-9-21)17-23-15-22-10-7-20(3)14-26(22)30-29(23)36/h7-12,14-15,19,25,27H,5-6,13,16-18H2,1-4H3,(H,30,36)/t25-,27+/m0/s1. The maximum Gasteiger partial charge on any atom is 0.252 e. The van der Waals surface area contributed by atoms with E-state index in [1.165, 1.54) is 0 Å². The Hall–Kier alpha value is -3.56. The van der Waals surface area contributed by atoms with Gasteiger partial charge in [-0.15, -0.1) is 5.10 Å². The molecule has 0 aliphatic carbocycles. The second-order valence-electron chi connectivity index (χ2n) is 10.5. The summed E-state index contributed by atoms with van der Waals surface area (Å²) >= 11 is 0. The molecule has 1 aliphatic rings. The molecule has 38 heavy (non-hydrogen) atoms. The summed E-state index contributed by atoms with van der Waals surface area (Å²) in [5.41, 5.74) is 3.70. The van der Waals surface area contributed by atoms with Crippen molar-refractivity contribution >= 4 is 10.9 Å². The molecule has 0 radical (unpaired) electrons. The molecule has 1 N–H and O–H groups in total. The highest BCUT2D eigenvalue weighted by molar-refractivity contribution is 5.79. The van der Waals surface area contributed by atoms with Crippen LogP contribution in [0.1, 0.15) is 55.2 Å². The van der Waals surface area contributed by atoms with E-state index in [-0.39, 0.29) is 23.6 Å². The smallest absolute Gasteiger partial charge is 0.252 e. The van der Waals surface area contributed by atoms with Crippen LogP contribution in [0.2, 0.25) is 0 Å². The summed E-state index contributed by atoms with van der Waals surface area (Å²) in [5, 5.41) is 13.9. The zero-order valence-electron chi connectivity index (χ0n) is 22.6. The number of methoxy groups -OCH3 is 1. The van der Waals surface area contributed by atoms with E-state index >= 15 is 0 Å². The van der Waals surface area contributed by atoms with Gasteiger partial charge in [-0.3, -0.25) is 9.69 Å². The third kappa shape index (κ3) is 5.79. The van der Waals surface area contributed by atoms with E-state index in [0.717, 1.165) is 53.1 Å². The van der Waals surface area contributed by atoms with Crippen molar-refractivity contribution in [2.75, 3.05) is 13.7 Å². The van der Waals surface area contributed by atoms with Crippen LogP contribution in [0.5, 0.6) is 5.75 Å². The number of fused-ring (bicyclic) bond motifs is 1. The van der Waals surface area contributed by atoms with Gasteiger partial charge in [-0.05, 0) is 76.9 Å². The molecule has 9 nitrogen and oxygen atoms in total. The number of aromatic amines is 1. The topological polar surface area (TPSA) is 98.2 Å². The summed E-state index contributed by atoms with van der Waals surface area (Å²) in [5.74, 6) is 1.78. The molecule has 2 atom stereocenters. The van der Waals surface area contributed by atoms with E-state index in [1.54, 1.807) is 7.11 Å². The Morgan fingerprint density at radius 3 is 2.68 bits per heavy atom. The van der Waals surface area contributed by atoms with Gasteiger partial charge in [0.1, 0.15) is 5.75 Å². The second-order valence-corrected chi connectivity index (χ2v) is 10.5. The number of nitrogens with zero attached hydrogens (tertiary/aromatic N) is 5. The molecule has 2 aromatic carbocycles. The zero-order valence-corrected chi connectivity index (χ0v) is 22.6. The molecule has 5 rings (SSSR count). The minimum absolute atomic E-state index is 0.0794. The van der Waals surface area contributed by atoms with Crippen LogP contribution in [0.15, 0.2) is 53.3 Å². The number of H-pyrrole nitrogens is 1. The van der Waals surface area contributed by atoms with Gasteiger partial charge in [0.25, 0.3) is 5.56 Å². The van der Waals surface area contributed by atoms with Crippen LogP contribution in [0, 0.1) is 12.8 Å². The number of pyridine rings is 1. The lowest BCUT2D eigenvalue weighted by molar-refractivity contribution is 0.0851. The van der Waals surface area contributed by atoms with Crippen molar-refractivity contribution < 1.29 is 9.47 Å². The van der Waals surface area contributed by atoms with Gasteiger partial charge < -0.3 is 14.5 Å². The second kappa shape index (κ2) is 11.4. The Kier molecular flexibility index (Phi) is 7.85. The molecular formula is C29H36N6O3. The molecule has 0 spiro atoms. The van der Waals surface area contributed by atoms with E-state index in [9.17, 15) is 4.79 Å². The minimum Gasteiger partial charge on any atom is -0.497 e. The van der Waals surface area contributed by atoms with Crippen molar-refractivity contribution in [2.45, 2.75) is 65.4 Å². The highest BCUT2D eigenvalue weighted by atomic mass is 16.5. The van der Waals surface area contributed by atoms with Crippen LogP contribution in [-0.4, -0.2) is 49.9 Å². The minimum atomic E-state index is -0.124. The molecule has 4 aromatic rings. The number of benzene rings is 2. The average molecular weight is 517 g/mol. The van der Waals surface area contributed by atoms with Crippen molar-refractivity contribution in [3.63, 3.8) is 0 Å². The number of hydrogen-bond donors (Lipinski definition) is 1. The van der Waals surface area contributed by atoms with Gasteiger partial charge in [-0.2, -0.15) is 0 Å². The summed E-state index contributed by atoms with van der Waals surface area (Å²) in [6.07, 6.45) is 2.18. The van der Waals surface area contributed by atoms with E-state index in [1.807, 2.05) is 35.9 Å². The summed E-state index contributed by atoms with van der Waals surface area (Å²) in [4.78, 5) is 18.6. The van der Waals surface area contributed by atoms with Crippen LogP contribution in [-0.2, 0) is 24.4 Å². The average Bonchev–Trinajstić information content (AvgIpc) is 3.58. The van der Waals surface area contributed by atoms with Gasteiger partial charge in [0.05, 0.1) is 25.8 Å². The molecule has 1 saturated heterocycles. The lowest BCUT2D eigenvalue weighted by Crippen LogP contribution is -2.36. The van der Waals surface area contributed by atoms with Crippen LogP contribution < -0.4 is 10.3 Å². The third-order valence-electron chi connectivity index (χ3n) is 7.25. The number of rotatable bonds is 10. The van der Waals surface area contributed by atoms with E-state index < -0.39 is 0 Å². The van der Waals surface area contributed by atoms with Crippen LogP contribution >= 0.6 is 0 Å². The Balaban J connectivity index is 1.52. The quantitative estimate of drug-likeness (QED) is 0.333. The SMILES string of the molecule is COc1ccc(CN(Cc2cc3ccc(C)cc3[nH]c2=O)[C@@H](c2nnnn2C[C@@H]2CCCO2)C(C)C)cc1. The molecule has 2 aromatic heterocycles. The van der Waals surface area contributed by atoms with Gasteiger partial charge >= 0.3 is 0 Å². The first-order valence-corrected chi connectivity index (χ1v) is 13.3. The number of aryl methyl sites for hydroxylation is 1. The molecular weight excluding hydrogens is 480 g/mol. The predicted octanol–water partition coefficient (Wildman–Crippen LogP) is 4.41. The van der Waals surface area contributed by atoms with Gasteiger partial charge in [-0.25, -0.2) is 4.68 Å². The van der Waals surface area contributed by atoms with Gasteiger partial charge in [0.15, 0.2) is 5.82 Å². The zero-order chi connectivity index (χ0) is 26.6. The largest absolute Gasteiger partial charge is 0.497 e. The van der Waals surface area contributed by atoms with Crippen LogP contribution in [0.3, 0.4) is 0 Å². The molecule has 0 amide bonds. The first kappa shape index (κ1) is 26.1. The highest BCUT2D eigenvalue weighted by Crippen LogP contribution is 2.31. The van der Waals surface area contributed by atoms with Gasteiger partial charge in [0, 0.05) is 30.8 Å². The van der Waals surface area contributed by atoms with Crippen molar-refractivity contribution in [2.24, 2.45) is 5.92 Å². The highest BCUT2D eigenvalue weighted by Gasteiger charge is 2.31. The van der Waals surface area contributed by atoms with Crippen LogP contribution in [0.25, 0.3) is 10.9 Å². The van der Waals surface area contributed by atoms with Crippen molar-refractivity contribution in [3.8, 4) is 5.75 Å². The van der Waals surface area contributed by atoms with E-state index in [0.29, 0.717) is 25.2 Å². The molecule has 0 saturated carbocycles. The Bertz CT molecular complexity index is 1420. The van der Waals surface area contributed by atoms with Crippen molar-refractivity contribution in [3.05, 3.63) is 81.4 Å². The first-order valence-electron chi connectivity index (χ1n) is 13.3.